The van der Waals surface area contributed by atoms with E-state index in [0.29, 0.717) is 0 Å². The van der Waals surface area contributed by atoms with Gasteiger partial charge in [-0.05, 0) is 22.3 Å². The molecule has 24 heavy (non-hydrogen) atoms. The number of carboxylic acid groups (broad SMARTS) is 1. The monoisotopic (exact) mass is 321 g/mol. The molecular weight excluding hydrogens is 306 g/mol. The molecule has 1 unspecified atom stereocenters. The summed E-state index contributed by atoms with van der Waals surface area (Å²) in [6, 6.07) is 13.9. The van der Waals surface area contributed by atoms with Gasteiger partial charge < -0.3 is 5.11 Å². The quantitative estimate of drug-likeness (QED) is 0.881. The van der Waals surface area contributed by atoms with E-state index in [1.807, 2.05) is 48.5 Å². The van der Waals surface area contributed by atoms with Gasteiger partial charge in [0.05, 0.1) is 0 Å². The van der Waals surface area contributed by atoms with Crippen molar-refractivity contribution >= 4 is 17.8 Å². The summed E-state index contributed by atoms with van der Waals surface area (Å²) in [7, 11) is 0. The first-order valence-corrected chi connectivity index (χ1v) is 7.85. The number of benzene rings is 2. The molecule has 2 aliphatic rings. The summed E-state index contributed by atoms with van der Waals surface area (Å²) in [5.41, 5.74) is 3.61. The predicted molar refractivity (Wildman–Crippen MR) is 86.2 cm³/mol. The van der Waals surface area contributed by atoms with Gasteiger partial charge in [-0.1, -0.05) is 48.5 Å². The summed E-state index contributed by atoms with van der Waals surface area (Å²) in [4.78, 5) is 37.3. The Morgan fingerprint density at radius 1 is 0.917 bits per heavy atom. The molecule has 1 saturated heterocycles. The summed E-state index contributed by atoms with van der Waals surface area (Å²) in [6.45, 7) is 0. The highest BCUT2D eigenvalue weighted by Crippen LogP contribution is 2.47. The second-order valence-corrected chi connectivity index (χ2v) is 6.09. The molecule has 2 amide bonds. The Bertz CT molecular complexity index is 812. The van der Waals surface area contributed by atoms with Gasteiger partial charge in [0.1, 0.15) is 6.04 Å². The van der Waals surface area contributed by atoms with Gasteiger partial charge >= 0.3 is 5.97 Å². The molecule has 1 atom stereocenters. The Balaban J connectivity index is 1.92. The first-order chi connectivity index (χ1) is 11.6. The minimum atomic E-state index is -1.21. The van der Waals surface area contributed by atoms with Gasteiger partial charge in [0.15, 0.2) is 0 Å². The molecule has 120 valence electrons. The van der Waals surface area contributed by atoms with Crippen LogP contribution in [0.2, 0.25) is 0 Å². The second-order valence-electron chi connectivity index (χ2n) is 6.09. The van der Waals surface area contributed by atoms with Gasteiger partial charge in [-0.15, -0.1) is 0 Å². The Labute approximate surface area is 138 Å². The van der Waals surface area contributed by atoms with Crippen molar-refractivity contribution in [1.29, 1.82) is 0 Å². The molecule has 4 rings (SSSR count). The number of amides is 2. The van der Waals surface area contributed by atoms with Crippen LogP contribution in [0.15, 0.2) is 48.5 Å². The van der Waals surface area contributed by atoms with E-state index < -0.39 is 29.7 Å². The molecule has 0 radical (unpaired) electrons. The average molecular weight is 321 g/mol. The lowest BCUT2D eigenvalue weighted by Gasteiger charge is -2.29. The van der Waals surface area contributed by atoms with Crippen LogP contribution in [-0.4, -0.2) is 33.8 Å². The van der Waals surface area contributed by atoms with Crippen molar-refractivity contribution in [3.63, 3.8) is 0 Å². The zero-order chi connectivity index (χ0) is 16.8. The normalized spacial score (nSPS) is 17.8. The van der Waals surface area contributed by atoms with Gasteiger partial charge in [0.2, 0.25) is 11.8 Å². The minimum absolute atomic E-state index is 0.0820. The number of hydrogen-bond donors (Lipinski definition) is 1. The van der Waals surface area contributed by atoms with Crippen LogP contribution in [-0.2, 0) is 14.4 Å². The molecule has 0 spiro atoms. The molecule has 1 heterocycles. The molecule has 1 aliphatic carbocycles. The highest BCUT2D eigenvalue weighted by molar-refractivity contribution is 6.05. The third-order valence-corrected chi connectivity index (χ3v) is 4.82. The van der Waals surface area contributed by atoms with Crippen LogP contribution in [0.25, 0.3) is 11.1 Å². The smallest absolute Gasteiger partial charge is 0.327 e. The maximum absolute atomic E-state index is 12.2. The molecule has 0 bridgehead atoms. The lowest BCUT2D eigenvalue weighted by atomic mass is 9.88. The zero-order valence-corrected chi connectivity index (χ0v) is 12.8. The molecule has 2 aromatic rings. The number of carboxylic acids is 1. The van der Waals surface area contributed by atoms with Crippen molar-refractivity contribution in [2.24, 2.45) is 0 Å². The number of imide groups is 1. The molecule has 0 saturated carbocycles. The third kappa shape index (κ3) is 1.98. The van der Waals surface area contributed by atoms with E-state index in [1.54, 1.807) is 0 Å². The Morgan fingerprint density at radius 2 is 1.38 bits per heavy atom. The van der Waals surface area contributed by atoms with Crippen molar-refractivity contribution in [2.45, 2.75) is 24.8 Å². The fraction of sp³-hybridized carbons (Fsp3) is 0.211. The van der Waals surface area contributed by atoms with Crippen LogP contribution in [0.1, 0.15) is 29.9 Å². The zero-order valence-electron chi connectivity index (χ0n) is 12.8. The predicted octanol–water partition coefficient (Wildman–Crippen LogP) is 2.40. The number of carbonyl (C=O) groups excluding carboxylic acids is 2. The first kappa shape index (κ1) is 14.6. The van der Waals surface area contributed by atoms with Crippen LogP contribution >= 0.6 is 0 Å². The van der Waals surface area contributed by atoms with Crippen LogP contribution in [0, 0.1) is 0 Å². The topological polar surface area (TPSA) is 74.7 Å². The standard InChI is InChI=1S/C19H15NO4/c21-15-9-10-16(22)20(15)18(19(23)24)17-13-7-3-1-5-11(13)12-6-2-4-8-14(12)17/h1-8,17-18H,9-10H2,(H,23,24). The number of nitrogens with zero attached hydrogens (tertiary/aromatic N) is 1. The number of carbonyl (C=O) groups is 3. The lowest BCUT2D eigenvalue weighted by Crippen LogP contribution is -2.48. The van der Waals surface area contributed by atoms with Gasteiger partial charge in [-0.25, -0.2) is 4.79 Å². The molecule has 1 fully saturated rings. The maximum Gasteiger partial charge on any atom is 0.327 e. The number of aliphatic carboxylic acids is 1. The fourth-order valence-electron chi connectivity index (χ4n) is 3.84. The largest absolute Gasteiger partial charge is 0.480 e. The second kappa shape index (κ2) is 5.30. The molecule has 2 aromatic carbocycles. The van der Waals surface area contributed by atoms with Crippen molar-refractivity contribution < 1.29 is 19.5 Å². The number of fused-ring (bicyclic) bond motifs is 3. The van der Waals surface area contributed by atoms with Crippen LogP contribution < -0.4 is 0 Å². The fourth-order valence-corrected chi connectivity index (χ4v) is 3.84. The Kier molecular flexibility index (Phi) is 3.23. The van der Waals surface area contributed by atoms with Gasteiger partial charge in [0, 0.05) is 18.8 Å². The SMILES string of the molecule is O=C(O)C(C1c2ccccc2-c2ccccc21)N1C(=O)CCC1=O. The maximum atomic E-state index is 12.2. The van der Waals surface area contributed by atoms with Crippen LogP contribution in [0.3, 0.4) is 0 Å². The van der Waals surface area contributed by atoms with E-state index in [9.17, 15) is 19.5 Å². The Hall–Kier alpha value is -2.95. The molecule has 0 aromatic heterocycles. The van der Waals surface area contributed by atoms with E-state index in [0.717, 1.165) is 27.2 Å². The summed E-state index contributed by atoms with van der Waals surface area (Å²) >= 11 is 0. The van der Waals surface area contributed by atoms with Crippen molar-refractivity contribution in [2.75, 3.05) is 0 Å². The molecule has 1 aliphatic heterocycles. The van der Waals surface area contributed by atoms with Gasteiger partial charge in [-0.2, -0.15) is 0 Å². The highest BCUT2D eigenvalue weighted by Gasteiger charge is 2.47. The summed E-state index contributed by atoms with van der Waals surface area (Å²) < 4.78 is 0. The number of hydrogen-bond acceptors (Lipinski definition) is 3. The number of rotatable bonds is 3. The Morgan fingerprint density at radius 3 is 1.83 bits per heavy atom. The van der Waals surface area contributed by atoms with E-state index in [1.165, 1.54) is 0 Å². The van der Waals surface area contributed by atoms with Crippen LogP contribution in [0.5, 0.6) is 0 Å². The summed E-state index contributed by atoms with van der Waals surface area (Å²) in [5, 5.41) is 9.83. The minimum Gasteiger partial charge on any atom is -0.480 e. The van der Waals surface area contributed by atoms with Crippen molar-refractivity contribution in [3.8, 4) is 11.1 Å². The van der Waals surface area contributed by atoms with Crippen molar-refractivity contribution in [3.05, 3.63) is 59.7 Å². The third-order valence-electron chi connectivity index (χ3n) is 4.82. The first-order valence-electron chi connectivity index (χ1n) is 7.85. The van der Waals surface area contributed by atoms with Gasteiger partial charge in [0.25, 0.3) is 0 Å². The molecule has 5 heteroatoms. The summed E-state index contributed by atoms with van der Waals surface area (Å²) in [5.74, 6) is -2.51. The van der Waals surface area contributed by atoms with Gasteiger partial charge in [-0.3, -0.25) is 14.5 Å². The highest BCUT2D eigenvalue weighted by atomic mass is 16.4. The summed E-state index contributed by atoms with van der Waals surface area (Å²) in [6.07, 6.45) is 0.164. The number of likely N-dealkylation sites (tertiary alicyclic amines) is 1. The van der Waals surface area contributed by atoms with Crippen LogP contribution in [0.4, 0.5) is 0 Å². The molecule has 1 N–H and O–H groups in total. The lowest BCUT2D eigenvalue weighted by molar-refractivity contribution is -0.154. The van der Waals surface area contributed by atoms with E-state index in [4.69, 9.17) is 0 Å². The van der Waals surface area contributed by atoms with E-state index in [2.05, 4.69) is 0 Å². The van der Waals surface area contributed by atoms with E-state index in [-0.39, 0.29) is 12.8 Å². The average Bonchev–Trinajstić information content (AvgIpc) is 3.08. The molecule has 5 nitrogen and oxygen atoms in total. The van der Waals surface area contributed by atoms with E-state index >= 15 is 0 Å². The van der Waals surface area contributed by atoms with Crippen molar-refractivity contribution in [1.82, 2.24) is 4.90 Å². The molecular formula is C19H15NO4.